The van der Waals surface area contributed by atoms with Gasteiger partial charge in [0.1, 0.15) is 5.75 Å². The van der Waals surface area contributed by atoms with Crippen molar-refractivity contribution in [2.45, 2.75) is 12.6 Å². The molecule has 25 heavy (non-hydrogen) atoms. The first kappa shape index (κ1) is 17.0. The normalized spacial score (nSPS) is 11.6. The number of carbonyl (C=O) groups excluding carboxylic acids is 1. The summed E-state index contributed by atoms with van der Waals surface area (Å²) in [7, 11) is 1.63. The molecule has 0 spiro atoms. The lowest BCUT2D eigenvalue weighted by atomic mass is 10.1. The van der Waals surface area contributed by atoms with E-state index in [1.807, 2.05) is 72.1 Å². The van der Waals surface area contributed by atoms with E-state index in [0.29, 0.717) is 6.54 Å². The third kappa shape index (κ3) is 4.39. The van der Waals surface area contributed by atoms with Crippen LogP contribution in [0.4, 0.5) is 4.79 Å². The molecule has 1 aromatic heterocycles. The highest BCUT2D eigenvalue weighted by Crippen LogP contribution is 2.25. The van der Waals surface area contributed by atoms with Gasteiger partial charge in [-0.05, 0) is 23.1 Å². The van der Waals surface area contributed by atoms with E-state index < -0.39 is 0 Å². The number of nitrogens with one attached hydrogen (secondary N) is 2. The fourth-order valence-corrected chi connectivity index (χ4v) is 3.43. The molecule has 4 nitrogen and oxygen atoms in total. The maximum absolute atomic E-state index is 12.4. The van der Waals surface area contributed by atoms with Crippen LogP contribution in [0.5, 0.6) is 5.75 Å². The Morgan fingerprint density at radius 2 is 1.80 bits per heavy atom. The summed E-state index contributed by atoms with van der Waals surface area (Å²) in [6.45, 7) is 0.405. The quantitative estimate of drug-likeness (QED) is 0.693. The zero-order valence-corrected chi connectivity index (χ0v) is 14.8. The zero-order chi connectivity index (χ0) is 17.5. The molecule has 2 amide bonds. The number of hydrogen-bond acceptors (Lipinski definition) is 3. The van der Waals surface area contributed by atoms with Crippen molar-refractivity contribution in [2.24, 2.45) is 0 Å². The Morgan fingerprint density at radius 3 is 2.52 bits per heavy atom. The average Bonchev–Trinajstić information content (AvgIpc) is 3.20. The molecule has 0 aliphatic rings. The van der Waals surface area contributed by atoms with Gasteiger partial charge in [0.15, 0.2) is 0 Å². The van der Waals surface area contributed by atoms with Gasteiger partial charge in [0.2, 0.25) is 0 Å². The fraction of sp³-hybridized carbons (Fsp3) is 0.150. The predicted octanol–water partition coefficient (Wildman–Crippen LogP) is 4.35. The van der Waals surface area contributed by atoms with E-state index in [1.165, 1.54) is 0 Å². The van der Waals surface area contributed by atoms with Gasteiger partial charge in [0.05, 0.1) is 13.2 Å². The van der Waals surface area contributed by atoms with Gasteiger partial charge in [-0.3, -0.25) is 0 Å². The van der Waals surface area contributed by atoms with Crippen molar-refractivity contribution in [3.8, 4) is 5.75 Å². The summed E-state index contributed by atoms with van der Waals surface area (Å²) >= 11 is 1.63. The van der Waals surface area contributed by atoms with E-state index in [9.17, 15) is 4.79 Å². The van der Waals surface area contributed by atoms with Gasteiger partial charge in [-0.25, -0.2) is 4.79 Å². The number of amides is 2. The summed E-state index contributed by atoms with van der Waals surface area (Å²) in [6, 6.07) is 21.3. The van der Waals surface area contributed by atoms with Crippen LogP contribution in [-0.4, -0.2) is 13.1 Å². The number of hydrogen-bond donors (Lipinski definition) is 2. The summed E-state index contributed by atoms with van der Waals surface area (Å²) in [5, 5.41) is 7.99. The van der Waals surface area contributed by atoms with Crippen molar-refractivity contribution in [1.29, 1.82) is 0 Å². The molecular formula is C20H20N2O2S. The Bertz CT molecular complexity index is 804. The third-order valence-electron chi connectivity index (χ3n) is 3.87. The Balaban J connectivity index is 1.69. The largest absolute Gasteiger partial charge is 0.496 e. The van der Waals surface area contributed by atoms with Gasteiger partial charge in [0, 0.05) is 17.0 Å². The predicted molar refractivity (Wildman–Crippen MR) is 101 cm³/mol. The maximum Gasteiger partial charge on any atom is 0.315 e. The van der Waals surface area contributed by atoms with Crippen LogP contribution < -0.4 is 15.4 Å². The van der Waals surface area contributed by atoms with Gasteiger partial charge >= 0.3 is 6.03 Å². The number of ether oxygens (including phenoxy) is 1. The van der Waals surface area contributed by atoms with Gasteiger partial charge in [-0.1, -0.05) is 54.6 Å². The van der Waals surface area contributed by atoms with Crippen LogP contribution in [0.3, 0.4) is 0 Å². The maximum atomic E-state index is 12.4. The van der Waals surface area contributed by atoms with Crippen LogP contribution in [0.1, 0.15) is 22.0 Å². The number of benzene rings is 2. The standard InChI is InChI=1S/C20H20N2O2S/c1-24-17-11-6-5-10-16(17)14-21-20(23)22-19(18-12-7-13-25-18)15-8-3-2-4-9-15/h2-13,19H,14H2,1H3,(H2,21,22,23)/t19-/m0/s1. The first-order valence-corrected chi connectivity index (χ1v) is 8.90. The second-order valence-electron chi connectivity index (χ2n) is 5.50. The van der Waals surface area contributed by atoms with Gasteiger partial charge in [-0.15, -0.1) is 11.3 Å². The molecule has 3 aromatic rings. The Labute approximate surface area is 151 Å². The molecule has 3 rings (SSSR count). The lowest BCUT2D eigenvalue weighted by Crippen LogP contribution is -2.37. The van der Waals surface area contributed by atoms with E-state index in [-0.39, 0.29) is 12.1 Å². The highest BCUT2D eigenvalue weighted by atomic mass is 32.1. The van der Waals surface area contributed by atoms with Crippen molar-refractivity contribution < 1.29 is 9.53 Å². The number of urea groups is 1. The Morgan fingerprint density at radius 1 is 1.04 bits per heavy atom. The second-order valence-corrected chi connectivity index (χ2v) is 6.48. The lowest BCUT2D eigenvalue weighted by Gasteiger charge is -2.19. The molecule has 0 unspecified atom stereocenters. The molecule has 0 radical (unpaired) electrons. The minimum atomic E-state index is -0.215. The summed E-state index contributed by atoms with van der Waals surface area (Å²) in [6.07, 6.45) is 0. The molecule has 2 N–H and O–H groups in total. The van der Waals surface area contributed by atoms with E-state index in [4.69, 9.17) is 4.74 Å². The topological polar surface area (TPSA) is 50.4 Å². The first-order valence-electron chi connectivity index (χ1n) is 8.02. The monoisotopic (exact) mass is 352 g/mol. The number of thiophene rings is 1. The Hall–Kier alpha value is -2.79. The molecule has 0 bridgehead atoms. The molecule has 0 saturated carbocycles. The second kappa shape index (κ2) is 8.35. The van der Waals surface area contributed by atoms with Gasteiger partial charge in [0.25, 0.3) is 0 Å². The molecule has 0 aliphatic heterocycles. The highest BCUT2D eigenvalue weighted by molar-refractivity contribution is 7.10. The first-order chi connectivity index (χ1) is 12.3. The zero-order valence-electron chi connectivity index (χ0n) is 13.9. The van der Waals surface area contributed by atoms with Gasteiger partial charge < -0.3 is 15.4 Å². The molecule has 2 aromatic carbocycles. The summed E-state index contributed by atoms with van der Waals surface area (Å²) in [5.74, 6) is 0.765. The molecule has 0 aliphatic carbocycles. The van der Waals surface area contributed by atoms with Crippen molar-refractivity contribution >= 4 is 17.4 Å². The molecular weight excluding hydrogens is 332 g/mol. The molecule has 0 saturated heterocycles. The summed E-state index contributed by atoms with van der Waals surface area (Å²) in [4.78, 5) is 13.5. The van der Waals surface area contributed by atoms with E-state index in [2.05, 4.69) is 10.6 Å². The molecule has 128 valence electrons. The lowest BCUT2D eigenvalue weighted by molar-refractivity contribution is 0.238. The number of para-hydroxylation sites is 1. The van der Waals surface area contributed by atoms with Crippen molar-refractivity contribution in [1.82, 2.24) is 10.6 Å². The van der Waals surface area contributed by atoms with Crippen molar-refractivity contribution in [3.05, 3.63) is 88.1 Å². The van der Waals surface area contributed by atoms with Crippen LogP contribution in [0.25, 0.3) is 0 Å². The van der Waals surface area contributed by atoms with Gasteiger partial charge in [-0.2, -0.15) is 0 Å². The van der Waals surface area contributed by atoms with E-state index >= 15 is 0 Å². The fourth-order valence-electron chi connectivity index (χ4n) is 2.63. The van der Waals surface area contributed by atoms with Crippen LogP contribution in [-0.2, 0) is 6.54 Å². The SMILES string of the molecule is COc1ccccc1CNC(=O)N[C@@H](c1ccccc1)c1cccs1. The van der Waals surface area contributed by atoms with E-state index in [1.54, 1.807) is 18.4 Å². The summed E-state index contributed by atoms with van der Waals surface area (Å²) in [5.41, 5.74) is 1.99. The van der Waals surface area contributed by atoms with Crippen molar-refractivity contribution in [2.75, 3.05) is 7.11 Å². The average molecular weight is 352 g/mol. The molecule has 1 heterocycles. The van der Waals surface area contributed by atoms with Crippen LogP contribution in [0.15, 0.2) is 72.1 Å². The van der Waals surface area contributed by atoms with Crippen LogP contribution >= 0.6 is 11.3 Å². The smallest absolute Gasteiger partial charge is 0.315 e. The van der Waals surface area contributed by atoms with E-state index in [0.717, 1.165) is 21.8 Å². The van der Waals surface area contributed by atoms with Crippen molar-refractivity contribution in [3.63, 3.8) is 0 Å². The third-order valence-corrected chi connectivity index (χ3v) is 4.81. The number of rotatable bonds is 6. The minimum absolute atomic E-state index is 0.168. The van der Waals surface area contributed by atoms with Crippen LogP contribution in [0, 0.1) is 0 Å². The number of carbonyl (C=O) groups is 1. The minimum Gasteiger partial charge on any atom is -0.496 e. The molecule has 5 heteroatoms. The molecule has 1 atom stereocenters. The molecule has 0 fully saturated rings. The highest BCUT2D eigenvalue weighted by Gasteiger charge is 2.17. The Kier molecular flexibility index (Phi) is 5.69. The van der Waals surface area contributed by atoms with Crippen LogP contribution in [0.2, 0.25) is 0 Å². The number of methoxy groups -OCH3 is 1. The summed E-state index contributed by atoms with van der Waals surface area (Å²) < 4.78 is 5.32.